The summed E-state index contributed by atoms with van der Waals surface area (Å²) in [6.07, 6.45) is 5.81. The summed E-state index contributed by atoms with van der Waals surface area (Å²) in [5, 5.41) is 0. The molecule has 0 aliphatic carbocycles. The molecular weight excluding hydrogens is 212 g/mol. The maximum Gasteiger partial charge on any atom is 0.118 e. The summed E-state index contributed by atoms with van der Waals surface area (Å²) in [6.45, 7) is 7.11. The number of allylic oxidation sites excluding steroid dienone is 2. The fourth-order valence-corrected chi connectivity index (χ4v) is 1.41. The highest BCUT2D eigenvalue weighted by molar-refractivity contribution is 5.26. The van der Waals surface area contributed by atoms with Crippen molar-refractivity contribution in [2.24, 2.45) is 5.92 Å². The molecule has 0 aliphatic heterocycles. The first-order chi connectivity index (χ1) is 8.26. The van der Waals surface area contributed by atoms with E-state index in [2.05, 4.69) is 19.6 Å². The van der Waals surface area contributed by atoms with Crippen LogP contribution in [0.1, 0.15) is 12.5 Å². The van der Waals surface area contributed by atoms with Crippen molar-refractivity contribution >= 4 is 0 Å². The van der Waals surface area contributed by atoms with Gasteiger partial charge >= 0.3 is 0 Å². The van der Waals surface area contributed by atoms with Crippen LogP contribution in [0.5, 0.6) is 5.75 Å². The lowest BCUT2D eigenvalue weighted by atomic mass is 10.2. The lowest BCUT2D eigenvalue weighted by Crippen LogP contribution is -2.03. The van der Waals surface area contributed by atoms with Gasteiger partial charge in [0.25, 0.3) is 0 Å². The van der Waals surface area contributed by atoms with Gasteiger partial charge in [0.2, 0.25) is 0 Å². The van der Waals surface area contributed by atoms with Crippen molar-refractivity contribution in [3.8, 4) is 5.75 Å². The van der Waals surface area contributed by atoms with Crippen LogP contribution >= 0.6 is 0 Å². The molecule has 1 rings (SSSR count). The SMILES string of the molecule is C=C/C=C\C(C)COCc1ccc(OC)cc1. The first-order valence-electron chi connectivity index (χ1n) is 5.76. The molecule has 1 aromatic rings. The molecule has 0 saturated carbocycles. The number of benzene rings is 1. The number of rotatable bonds is 7. The molecule has 0 radical (unpaired) electrons. The molecule has 1 unspecified atom stereocenters. The Kier molecular flexibility index (Phi) is 6.12. The molecule has 0 fully saturated rings. The maximum atomic E-state index is 5.63. The van der Waals surface area contributed by atoms with Crippen LogP contribution in [0.15, 0.2) is 49.1 Å². The smallest absolute Gasteiger partial charge is 0.118 e. The van der Waals surface area contributed by atoms with Gasteiger partial charge < -0.3 is 9.47 Å². The van der Waals surface area contributed by atoms with E-state index in [1.165, 1.54) is 0 Å². The van der Waals surface area contributed by atoms with Crippen molar-refractivity contribution in [1.29, 1.82) is 0 Å². The summed E-state index contributed by atoms with van der Waals surface area (Å²) < 4.78 is 10.7. The number of methoxy groups -OCH3 is 1. The molecule has 1 atom stereocenters. The molecule has 0 heterocycles. The van der Waals surface area contributed by atoms with Gasteiger partial charge in [-0.3, -0.25) is 0 Å². The van der Waals surface area contributed by atoms with Crippen molar-refractivity contribution in [3.05, 3.63) is 54.6 Å². The molecular formula is C15H20O2. The van der Waals surface area contributed by atoms with Gasteiger partial charge in [0, 0.05) is 0 Å². The van der Waals surface area contributed by atoms with E-state index in [9.17, 15) is 0 Å². The minimum Gasteiger partial charge on any atom is -0.497 e. The lowest BCUT2D eigenvalue weighted by Gasteiger charge is -2.08. The van der Waals surface area contributed by atoms with E-state index in [-0.39, 0.29) is 0 Å². The summed E-state index contributed by atoms with van der Waals surface area (Å²) in [5.41, 5.74) is 1.16. The fraction of sp³-hybridized carbons (Fsp3) is 0.333. The Balaban J connectivity index is 2.30. The summed E-state index contributed by atoms with van der Waals surface area (Å²) in [7, 11) is 1.67. The zero-order chi connectivity index (χ0) is 12.5. The highest BCUT2D eigenvalue weighted by atomic mass is 16.5. The third-order valence-corrected chi connectivity index (χ3v) is 2.38. The third-order valence-electron chi connectivity index (χ3n) is 2.38. The third kappa shape index (κ3) is 5.36. The summed E-state index contributed by atoms with van der Waals surface area (Å²) in [5.74, 6) is 1.28. The minimum absolute atomic E-state index is 0.409. The van der Waals surface area contributed by atoms with E-state index >= 15 is 0 Å². The van der Waals surface area contributed by atoms with E-state index in [1.807, 2.05) is 30.3 Å². The lowest BCUT2D eigenvalue weighted by molar-refractivity contribution is 0.104. The van der Waals surface area contributed by atoms with Crippen molar-refractivity contribution in [2.75, 3.05) is 13.7 Å². The fourth-order valence-electron chi connectivity index (χ4n) is 1.41. The zero-order valence-corrected chi connectivity index (χ0v) is 10.6. The Morgan fingerprint density at radius 1 is 1.29 bits per heavy atom. The van der Waals surface area contributed by atoms with Crippen molar-refractivity contribution in [1.82, 2.24) is 0 Å². The summed E-state index contributed by atoms with van der Waals surface area (Å²) in [6, 6.07) is 7.92. The second-order valence-corrected chi connectivity index (χ2v) is 3.96. The van der Waals surface area contributed by atoms with Gasteiger partial charge in [0.1, 0.15) is 5.75 Å². The Morgan fingerprint density at radius 3 is 2.59 bits per heavy atom. The van der Waals surface area contributed by atoms with Crippen LogP contribution in [-0.2, 0) is 11.3 Å². The first-order valence-corrected chi connectivity index (χ1v) is 5.76. The molecule has 92 valence electrons. The van der Waals surface area contributed by atoms with Gasteiger partial charge in [-0.2, -0.15) is 0 Å². The molecule has 0 bridgehead atoms. The Morgan fingerprint density at radius 2 is 2.00 bits per heavy atom. The quantitative estimate of drug-likeness (QED) is 0.669. The van der Waals surface area contributed by atoms with E-state index in [0.29, 0.717) is 12.5 Å². The number of hydrogen-bond donors (Lipinski definition) is 0. The van der Waals surface area contributed by atoms with Gasteiger partial charge in [-0.05, 0) is 23.6 Å². The molecule has 0 spiro atoms. The molecule has 0 N–H and O–H groups in total. The molecule has 0 saturated heterocycles. The van der Waals surface area contributed by atoms with Crippen molar-refractivity contribution in [2.45, 2.75) is 13.5 Å². The van der Waals surface area contributed by atoms with Gasteiger partial charge in [-0.25, -0.2) is 0 Å². The van der Waals surface area contributed by atoms with Gasteiger partial charge in [0.05, 0.1) is 20.3 Å². The van der Waals surface area contributed by atoms with Crippen molar-refractivity contribution in [3.63, 3.8) is 0 Å². The Labute approximate surface area is 104 Å². The molecule has 0 aromatic heterocycles. The van der Waals surface area contributed by atoms with Crippen LogP contribution in [0.2, 0.25) is 0 Å². The standard InChI is InChI=1S/C15H20O2/c1-4-5-6-13(2)11-17-12-14-7-9-15(16-3)10-8-14/h4-10,13H,1,11-12H2,2-3H3/b6-5-. The monoisotopic (exact) mass is 232 g/mol. The second-order valence-electron chi connectivity index (χ2n) is 3.96. The van der Waals surface area contributed by atoms with E-state index in [4.69, 9.17) is 9.47 Å². The number of ether oxygens (including phenoxy) is 2. The topological polar surface area (TPSA) is 18.5 Å². The van der Waals surface area contributed by atoms with Gasteiger partial charge in [-0.15, -0.1) is 0 Å². The maximum absolute atomic E-state index is 5.63. The number of hydrogen-bond acceptors (Lipinski definition) is 2. The van der Waals surface area contributed by atoms with E-state index in [0.717, 1.165) is 17.9 Å². The highest BCUT2D eigenvalue weighted by Gasteiger charge is 1.98. The van der Waals surface area contributed by atoms with Crippen LogP contribution in [0, 0.1) is 5.92 Å². The molecule has 1 aromatic carbocycles. The van der Waals surface area contributed by atoms with E-state index < -0.39 is 0 Å². The van der Waals surface area contributed by atoms with Crippen LogP contribution in [0.25, 0.3) is 0 Å². The predicted octanol–water partition coefficient (Wildman–Crippen LogP) is 3.59. The van der Waals surface area contributed by atoms with Crippen LogP contribution in [-0.4, -0.2) is 13.7 Å². The summed E-state index contributed by atoms with van der Waals surface area (Å²) >= 11 is 0. The molecule has 17 heavy (non-hydrogen) atoms. The first kappa shape index (κ1) is 13.5. The molecule has 2 heteroatoms. The molecule has 2 nitrogen and oxygen atoms in total. The Bertz CT molecular complexity index is 352. The van der Waals surface area contributed by atoms with Crippen LogP contribution in [0.3, 0.4) is 0 Å². The van der Waals surface area contributed by atoms with Crippen molar-refractivity contribution < 1.29 is 9.47 Å². The average Bonchev–Trinajstić information content (AvgIpc) is 2.37. The second kappa shape index (κ2) is 7.69. The predicted molar refractivity (Wildman–Crippen MR) is 71.2 cm³/mol. The summed E-state index contributed by atoms with van der Waals surface area (Å²) in [4.78, 5) is 0. The van der Waals surface area contributed by atoms with E-state index in [1.54, 1.807) is 13.2 Å². The van der Waals surface area contributed by atoms with Gasteiger partial charge in [0.15, 0.2) is 0 Å². The van der Waals surface area contributed by atoms with Crippen LogP contribution < -0.4 is 4.74 Å². The largest absolute Gasteiger partial charge is 0.497 e. The van der Waals surface area contributed by atoms with Gasteiger partial charge in [-0.1, -0.05) is 43.9 Å². The average molecular weight is 232 g/mol. The van der Waals surface area contributed by atoms with Crippen LogP contribution in [0.4, 0.5) is 0 Å². The normalized spacial score (nSPS) is 12.6. The Hall–Kier alpha value is -1.54. The molecule has 0 aliphatic rings. The highest BCUT2D eigenvalue weighted by Crippen LogP contribution is 2.12. The minimum atomic E-state index is 0.409. The zero-order valence-electron chi connectivity index (χ0n) is 10.6. The molecule has 0 amide bonds.